The van der Waals surface area contributed by atoms with Crippen molar-refractivity contribution in [3.05, 3.63) is 47.7 Å². The van der Waals surface area contributed by atoms with Gasteiger partial charge in [0.1, 0.15) is 5.56 Å². The van der Waals surface area contributed by atoms with Gasteiger partial charge < -0.3 is 4.74 Å². The van der Waals surface area contributed by atoms with Gasteiger partial charge in [0.2, 0.25) is 0 Å². The molecule has 24 heavy (non-hydrogen) atoms. The highest BCUT2D eigenvalue weighted by atomic mass is 32.2. The summed E-state index contributed by atoms with van der Waals surface area (Å²) < 4.78 is 32.0. The normalized spacial score (nSPS) is 18.6. The molecule has 2 aromatic rings. The maximum atomic E-state index is 12.8. The number of rotatable bonds is 5. The third kappa shape index (κ3) is 3.07. The standard InChI is InChI=1S/C16H19N3O4S/c1-2-23-16(20)14-10-17-18-15(14)24(21,22)19-9-8-13(11-19)12-6-4-3-5-7-12/h3-7,10,13H,2,8-9,11H2,1H3,(H,17,18)/t13-/m0/s1. The van der Waals surface area contributed by atoms with Gasteiger partial charge in [-0.05, 0) is 24.8 Å². The highest BCUT2D eigenvalue weighted by Gasteiger charge is 2.36. The lowest BCUT2D eigenvalue weighted by Crippen LogP contribution is -2.30. The summed E-state index contributed by atoms with van der Waals surface area (Å²) in [4.78, 5) is 11.9. The topological polar surface area (TPSA) is 92.4 Å². The second kappa shape index (κ2) is 6.74. The number of benzene rings is 1. The molecule has 1 saturated heterocycles. The van der Waals surface area contributed by atoms with E-state index in [-0.39, 0.29) is 23.1 Å². The average molecular weight is 349 g/mol. The number of hydrogen-bond acceptors (Lipinski definition) is 5. The minimum atomic E-state index is -3.82. The number of H-pyrrole nitrogens is 1. The zero-order valence-electron chi connectivity index (χ0n) is 13.3. The average Bonchev–Trinajstić information content (AvgIpc) is 3.26. The molecule has 1 aliphatic rings. The first-order chi connectivity index (χ1) is 11.5. The van der Waals surface area contributed by atoms with Crippen LogP contribution in [0.4, 0.5) is 0 Å². The number of ether oxygens (including phenoxy) is 1. The number of nitrogens with one attached hydrogen (secondary N) is 1. The van der Waals surface area contributed by atoms with Crippen LogP contribution in [-0.2, 0) is 14.8 Å². The molecule has 0 bridgehead atoms. The first-order valence-corrected chi connectivity index (χ1v) is 9.23. The Kier molecular flexibility index (Phi) is 4.68. The lowest BCUT2D eigenvalue weighted by atomic mass is 9.99. The number of aromatic nitrogens is 2. The third-order valence-electron chi connectivity index (χ3n) is 4.12. The van der Waals surface area contributed by atoms with Crippen LogP contribution in [0.2, 0.25) is 0 Å². The van der Waals surface area contributed by atoms with Crippen molar-refractivity contribution in [2.45, 2.75) is 24.3 Å². The minimum absolute atomic E-state index is 0.0555. The molecule has 1 N–H and O–H groups in total. The molecular formula is C16H19N3O4S. The van der Waals surface area contributed by atoms with Crippen molar-refractivity contribution >= 4 is 16.0 Å². The summed E-state index contributed by atoms with van der Waals surface area (Å²) in [5.41, 5.74) is 1.06. The number of carbonyl (C=O) groups excluding carboxylic acids is 1. The highest BCUT2D eigenvalue weighted by molar-refractivity contribution is 7.89. The van der Waals surface area contributed by atoms with Crippen LogP contribution in [0.25, 0.3) is 0 Å². The van der Waals surface area contributed by atoms with E-state index in [9.17, 15) is 13.2 Å². The van der Waals surface area contributed by atoms with E-state index in [2.05, 4.69) is 10.2 Å². The van der Waals surface area contributed by atoms with Gasteiger partial charge in [-0.2, -0.15) is 9.40 Å². The Labute approximate surface area is 140 Å². The van der Waals surface area contributed by atoms with Gasteiger partial charge >= 0.3 is 5.97 Å². The van der Waals surface area contributed by atoms with Crippen molar-refractivity contribution < 1.29 is 17.9 Å². The van der Waals surface area contributed by atoms with Crippen LogP contribution in [0.3, 0.4) is 0 Å². The second-order valence-electron chi connectivity index (χ2n) is 5.59. The van der Waals surface area contributed by atoms with E-state index in [1.54, 1.807) is 6.92 Å². The number of hydrogen-bond donors (Lipinski definition) is 1. The van der Waals surface area contributed by atoms with E-state index >= 15 is 0 Å². The van der Waals surface area contributed by atoms with Gasteiger partial charge in [-0.25, -0.2) is 13.2 Å². The van der Waals surface area contributed by atoms with Crippen LogP contribution < -0.4 is 0 Å². The van der Waals surface area contributed by atoms with Crippen LogP contribution in [-0.4, -0.2) is 48.6 Å². The Morgan fingerprint density at radius 3 is 2.83 bits per heavy atom. The summed E-state index contributed by atoms with van der Waals surface area (Å²) >= 11 is 0. The summed E-state index contributed by atoms with van der Waals surface area (Å²) in [5.74, 6) is -0.543. The fraction of sp³-hybridized carbons (Fsp3) is 0.375. The molecular weight excluding hydrogens is 330 g/mol. The molecule has 3 rings (SSSR count). The Balaban J connectivity index is 1.83. The van der Waals surface area contributed by atoms with E-state index in [4.69, 9.17) is 4.74 Å². The van der Waals surface area contributed by atoms with Crippen LogP contribution in [0.1, 0.15) is 35.2 Å². The second-order valence-corrected chi connectivity index (χ2v) is 7.47. The maximum Gasteiger partial charge on any atom is 0.342 e. The molecule has 128 valence electrons. The van der Waals surface area contributed by atoms with Gasteiger partial charge in [-0.1, -0.05) is 30.3 Å². The Hall–Kier alpha value is -2.19. The molecule has 0 spiro atoms. The summed E-state index contributed by atoms with van der Waals surface area (Å²) in [6, 6.07) is 9.83. The molecule has 8 heteroatoms. The van der Waals surface area contributed by atoms with E-state index in [1.807, 2.05) is 30.3 Å². The Morgan fingerprint density at radius 1 is 1.38 bits per heavy atom. The van der Waals surface area contributed by atoms with Crippen molar-refractivity contribution in [1.82, 2.24) is 14.5 Å². The van der Waals surface area contributed by atoms with Gasteiger partial charge in [0.15, 0.2) is 5.03 Å². The van der Waals surface area contributed by atoms with Gasteiger partial charge in [-0.15, -0.1) is 0 Å². The molecule has 0 amide bonds. The molecule has 0 radical (unpaired) electrons. The molecule has 1 fully saturated rings. The smallest absolute Gasteiger partial charge is 0.342 e. The summed E-state index contributed by atoms with van der Waals surface area (Å²) in [5, 5.41) is 5.95. The summed E-state index contributed by atoms with van der Waals surface area (Å²) in [6.45, 7) is 2.62. The maximum absolute atomic E-state index is 12.8. The molecule has 1 aromatic carbocycles. The zero-order valence-corrected chi connectivity index (χ0v) is 14.1. The molecule has 1 aliphatic heterocycles. The molecule has 1 atom stereocenters. The summed E-state index contributed by atoms with van der Waals surface area (Å²) in [6.07, 6.45) is 1.93. The number of carbonyl (C=O) groups is 1. The molecule has 0 saturated carbocycles. The van der Waals surface area contributed by atoms with Crippen molar-refractivity contribution in [1.29, 1.82) is 0 Å². The van der Waals surface area contributed by atoms with Crippen molar-refractivity contribution in [2.24, 2.45) is 0 Å². The van der Waals surface area contributed by atoms with E-state index in [1.165, 1.54) is 10.5 Å². The zero-order chi connectivity index (χ0) is 17.2. The van der Waals surface area contributed by atoms with Gasteiger partial charge in [0, 0.05) is 13.1 Å². The van der Waals surface area contributed by atoms with Gasteiger partial charge in [0.05, 0.1) is 12.8 Å². The van der Waals surface area contributed by atoms with Crippen LogP contribution in [0.15, 0.2) is 41.6 Å². The largest absolute Gasteiger partial charge is 0.462 e. The van der Waals surface area contributed by atoms with E-state index < -0.39 is 16.0 Å². The van der Waals surface area contributed by atoms with Gasteiger partial charge in [0.25, 0.3) is 10.0 Å². The molecule has 0 unspecified atom stereocenters. The van der Waals surface area contributed by atoms with Gasteiger partial charge in [-0.3, -0.25) is 5.10 Å². The van der Waals surface area contributed by atoms with Crippen LogP contribution >= 0.6 is 0 Å². The summed E-state index contributed by atoms with van der Waals surface area (Å²) in [7, 11) is -3.82. The van der Waals surface area contributed by atoms with E-state index in [0.717, 1.165) is 12.0 Å². The minimum Gasteiger partial charge on any atom is -0.462 e. The highest BCUT2D eigenvalue weighted by Crippen LogP contribution is 2.31. The molecule has 0 aliphatic carbocycles. The van der Waals surface area contributed by atoms with Crippen molar-refractivity contribution in [3.8, 4) is 0 Å². The molecule has 7 nitrogen and oxygen atoms in total. The third-order valence-corrected chi connectivity index (χ3v) is 5.96. The molecule has 2 heterocycles. The lowest BCUT2D eigenvalue weighted by Gasteiger charge is -2.16. The number of sulfonamides is 1. The molecule has 1 aromatic heterocycles. The SMILES string of the molecule is CCOC(=O)c1cn[nH]c1S(=O)(=O)N1CC[C@H](c2ccccc2)C1. The quantitative estimate of drug-likeness (QED) is 0.831. The van der Waals surface area contributed by atoms with E-state index in [0.29, 0.717) is 13.1 Å². The van der Waals surface area contributed by atoms with Crippen LogP contribution in [0, 0.1) is 0 Å². The number of nitrogens with zero attached hydrogens (tertiary/aromatic N) is 2. The lowest BCUT2D eigenvalue weighted by molar-refractivity contribution is 0.0521. The van der Waals surface area contributed by atoms with Crippen molar-refractivity contribution in [2.75, 3.05) is 19.7 Å². The Morgan fingerprint density at radius 2 is 2.12 bits per heavy atom. The number of esters is 1. The predicted octanol–water partition coefficient (Wildman–Crippen LogP) is 1.76. The first-order valence-electron chi connectivity index (χ1n) is 7.79. The number of aromatic amines is 1. The van der Waals surface area contributed by atoms with Crippen LogP contribution in [0.5, 0.6) is 0 Å². The Bertz CT molecular complexity index is 817. The monoisotopic (exact) mass is 349 g/mol. The predicted molar refractivity (Wildman–Crippen MR) is 87.1 cm³/mol. The fourth-order valence-electron chi connectivity index (χ4n) is 2.90. The fourth-order valence-corrected chi connectivity index (χ4v) is 4.46. The first kappa shape index (κ1) is 16.7. The van der Waals surface area contributed by atoms with Crippen molar-refractivity contribution in [3.63, 3.8) is 0 Å².